The van der Waals surface area contributed by atoms with Gasteiger partial charge in [-0.1, -0.05) is 11.6 Å². The average Bonchev–Trinajstić information content (AvgIpc) is 2.23. The number of ether oxygens (including phenoxy) is 1. The Hall–Kier alpha value is -1.49. The standard InChI is InChI=1S/C10H10ClFO4/c1-2-16-10(15)9(12)5-3-7(13)8(14)4-6(5)11/h3-4,9,13-14H,2H2,1H3. The number of halogens is 2. The predicted octanol–water partition coefficient (Wildman–Crippen LogP) is 2.32. The summed E-state index contributed by atoms with van der Waals surface area (Å²) >= 11 is 5.62. The lowest BCUT2D eigenvalue weighted by molar-refractivity contribution is -0.149. The number of hydrogen-bond donors (Lipinski definition) is 2. The zero-order valence-electron chi connectivity index (χ0n) is 8.41. The number of aromatic hydroxyl groups is 2. The Morgan fingerprint density at radius 2 is 2.06 bits per heavy atom. The molecule has 1 rings (SSSR count). The summed E-state index contributed by atoms with van der Waals surface area (Å²) in [5, 5.41) is 18.1. The fraction of sp³-hybridized carbons (Fsp3) is 0.300. The van der Waals surface area contributed by atoms with Crippen LogP contribution in [-0.4, -0.2) is 22.8 Å². The van der Waals surface area contributed by atoms with Gasteiger partial charge in [0.05, 0.1) is 11.6 Å². The number of phenolic OH excluding ortho intramolecular Hbond substituents is 2. The first-order chi connectivity index (χ1) is 7.47. The molecule has 0 spiro atoms. The first-order valence-corrected chi connectivity index (χ1v) is 4.87. The minimum absolute atomic E-state index is 0.0426. The zero-order chi connectivity index (χ0) is 12.3. The van der Waals surface area contributed by atoms with Crippen LogP contribution in [0.15, 0.2) is 12.1 Å². The molecular weight excluding hydrogens is 239 g/mol. The van der Waals surface area contributed by atoms with E-state index in [0.29, 0.717) is 0 Å². The van der Waals surface area contributed by atoms with Gasteiger partial charge in [0.25, 0.3) is 0 Å². The van der Waals surface area contributed by atoms with Crippen molar-refractivity contribution in [1.82, 2.24) is 0 Å². The van der Waals surface area contributed by atoms with Crippen molar-refractivity contribution in [1.29, 1.82) is 0 Å². The monoisotopic (exact) mass is 248 g/mol. The number of carbonyl (C=O) groups is 1. The smallest absolute Gasteiger partial charge is 0.345 e. The van der Waals surface area contributed by atoms with Crippen molar-refractivity contribution in [2.24, 2.45) is 0 Å². The normalized spacial score (nSPS) is 12.2. The van der Waals surface area contributed by atoms with E-state index in [1.54, 1.807) is 6.92 Å². The highest BCUT2D eigenvalue weighted by Gasteiger charge is 2.24. The second-order valence-electron chi connectivity index (χ2n) is 2.98. The molecule has 1 unspecified atom stereocenters. The van der Waals surface area contributed by atoms with E-state index in [1.165, 1.54) is 0 Å². The van der Waals surface area contributed by atoms with E-state index in [1.807, 2.05) is 0 Å². The molecule has 0 aliphatic carbocycles. The van der Waals surface area contributed by atoms with Crippen LogP contribution < -0.4 is 0 Å². The minimum atomic E-state index is -2.08. The maximum Gasteiger partial charge on any atom is 0.345 e. The van der Waals surface area contributed by atoms with Crippen molar-refractivity contribution in [3.63, 3.8) is 0 Å². The number of rotatable bonds is 3. The molecule has 1 aromatic carbocycles. The van der Waals surface area contributed by atoms with E-state index in [9.17, 15) is 9.18 Å². The predicted molar refractivity (Wildman–Crippen MR) is 55.3 cm³/mol. The van der Waals surface area contributed by atoms with Crippen LogP contribution >= 0.6 is 11.6 Å². The summed E-state index contributed by atoms with van der Waals surface area (Å²) in [6, 6.07) is 1.84. The van der Waals surface area contributed by atoms with Crippen molar-refractivity contribution >= 4 is 17.6 Å². The number of phenols is 2. The average molecular weight is 249 g/mol. The van der Waals surface area contributed by atoms with Crippen LogP contribution in [-0.2, 0) is 9.53 Å². The van der Waals surface area contributed by atoms with Gasteiger partial charge in [0.2, 0.25) is 6.17 Å². The fourth-order valence-corrected chi connectivity index (χ4v) is 1.36. The highest BCUT2D eigenvalue weighted by molar-refractivity contribution is 6.31. The van der Waals surface area contributed by atoms with Crippen molar-refractivity contribution < 1.29 is 24.1 Å². The molecule has 0 saturated carbocycles. The zero-order valence-corrected chi connectivity index (χ0v) is 9.16. The summed E-state index contributed by atoms with van der Waals surface area (Å²) in [5.74, 6) is -2.12. The molecule has 1 atom stereocenters. The Kier molecular flexibility index (Phi) is 3.95. The van der Waals surface area contributed by atoms with E-state index in [0.717, 1.165) is 12.1 Å². The van der Waals surface area contributed by atoms with Crippen LogP contribution in [0.1, 0.15) is 18.7 Å². The van der Waals surface area contributed by atoms with Crippen LogP contribution in [0.3, 0.4) is 0 Å². The van der Waals surface area contributed by atoms with Gasteiger partial charge in [-0.3, -0.25) is 0 Å². The van der Waals surface area contributed by atoms with Gasteiger partial charge in [-0.2, -0.15) is 0 Å². The molecule has 16 heavy (non-hydrogen) atoms. The lowest BCUT2D eigenvalue weighted by Gasteiger charge is -2.10. The molecule has 4 nitrogen and oxygen atoms in total. The summed E-state index contributed by atoms with van der Waals surface area (Å²) in [6.07, 6.45) is -2.08. The summed E-state index contributed by atoms with van der Waals surface area (Å²) in [7, 11) is 0. The molecule has 1 aromatic rings. The number of alkyl halides is 1. The molecule has 88 valence electrons. The Balaban J connectivity index is 3.04. The van der Waals surface area contributed by atoms with E-state index < -0.39 is 23.6 Å². The van der Waals surface area contributed by atoms with E-state index in [4.69, 9.17) is 21.8 Å². The molecule has 0 aliphatic rings. The lowest BCUT2D eigenvalue weighted by atomic mass is 10.1. The molecule has 0 bridgehead atoms. The summed E-state index contributed by atoms with van der Waals surface area (Å²) in [6.45, 7) is 1.58. The van der Waals surface area contributed by atoms with Gasteiger partial charge in [0, 0.05) is 11.6 Å². The topological polar surface area (TPSA) is 66.8 Å². The van der Waals surface area contributed by atoms with E-state index in [2.05, 4.69) is 4.74 Å². The Labute approximate surface area is 96.2 Å². The van der Waals surface area contributed by atoms with Crippen molar-refractivity contribution in [2.45, 2.75) is 13.1 Å². The maximum absolute atomic E-state index is 13.5. The first kappa shape index (κ1) is 12.6. The molecule has 0 fully saturated rings. The number of hydrogen-bond acceptors (Lipinski definition) is 4. The molecule has 0 aromatic heterocycles. The van der Waals surface area contributed by atoms with Gasteiger partial charge in [-0.15, -0.1) is 0 Å². The third-order valence-electron chi connectivity index (χ3n) is 1.86. The molecule has 0 heterocycles. The highest BCUT2D eigenvalue weighted by atomic mass is 35.5. The van der Waals surface area contributed by atoms with Crippen molar-refractivity contribution in [3.05, 3.63) is 22.7 Å². The van der Waals surface area contributed by atoms with Gasteiger partial charge in [0.1, 0.15) is 0 Å². The third kappa shape index (κ3) is 2.55. The first-order valence-electron chi connectivity index (χ1n) is 4.49. The minimum Gasteiger partial charge on any atom is -0.504 e. The summed E-state index contributed by atoms with van der Waals surface area (Å²) in [4.78, 5) is 11.1. The van der Waals surface area contributed by atoms with Gasteiger partial charge >= 0.3 is 5.97 Å². The van der Waals surface area contributed by atoms with Crippen LogP contribution in [0.25, 0.3) is 0 Å². The van der Waals surface area contributed by atoms with Gasteiger partial charge in [-0.05, 0) is 13.0 Å². The Morgan fingerprint density at radius 3 is 2.62 bits per heavy atom. The third-order valence-corrected chi connectivity index (χ3v) is 2.19. The number of esters is 1. The molecule has 6 heteroatoms. The molecular formula is C10H10ClFO4. The second kappa shape index (κ2) is 5.03. The maximum atomic E-state index is 13.5. The summed E-state index contributed by atoms with van der Waals surface area (Å²) in [5.41, 5.74) is -0.240. The SMILES string of the molecule is CCOC(=O)C(F)c1cc(O)c(O)cc1Cl. The van der Waals surface area contributed by atoms with Gasteiger partial charge < -0.3 is 14.9 Å². The largest absolute Gasteiger partial charge is 0.504 e. The van der Waals surface area contributed by atoms with Crippen LogP contribution in [0.5, 0.6) is 11.5 Å². The molecule has 0 radical (unpaired) electrons. The quantitative estimate of drug-likeness (QED) is 0.636. The second-order valence-corrected chi connectivity index (χ2v) is 3.38. The number of carbonyl (C=O) groups excluding carboxylic acids is 1. The van der Waals surface area contributed by atoms with Crippen molar-refractivity contribution in [3.8, 4) is 11.5 Å². The highest BCUT2D eigenvalue weighted by Crippen LogP contribution is 2.35. The lowest BCUT2D eigenvalue weighted by Crippen LogP contribution is -2.12. The van der Waals surface area contributed by atoms with E-state index >= 15 is 0 Å². The van der Waals surface area contributed by atoms with Crippen LogP contribution in [0, 0.1) is 0 Å². The summed E-state index contributed by atoms with van der Waals surface area (Å²) < 4.78 is 18.0. The van der Waals surface area contributed by atoms with Crippen LogP contribution in [0.4, 0.5) is 4.39 Å². The molecule has 0 aliphatic heterocycles. The van der Waals surface area contributed by atoms with Crippen molar-refractivity contribution in [2.75, 3.05) is 6.61 Å². The van der Waals surface area contributed by atoms with Gasteiger partial charge in [0.15, 0.2) is 11.5 Å². The molecule has 0 amide bonds. The van der Waals surface area contributed by atoms with Gasteiger partial charge in [-0.25, -0.2) is 9.18 Å². The molecule has 0 saturated heterocycles. The number of benzene rings is 1. The fourth-order valence-electron chi connectivity index (χ4n) is 1.10. The van der Waals surface area contributed by atoms with E-state index in [-0.39, 0.29) is 17.2 Å². The van der Waals surface area contributed by atoms with Crippen LogP contribution in [0.2, 0.25) is 5.02 Å². The Morgan fingerprint density at radius 1 is 1.50 bits per heavy atom. The Bertz CT molecular complexity index is 408. The molecule has 2 N–H and O–H groups in total.